The zero-order chi connectivity index (χ0) is 12.3. The molecule has 16 heavy (non-hydrogen) atoms. The maximum Gasteiger partial charge on any atom is 0.358 e. The first-order valence-corrected chi connectivity index (χ1v) is 5.32. The molecular formula is C8H7Cl3N2O3. The molecule has 0 aromatic carbocycles. The largest absolute Gasteiger partial charge is 0.461 e. The molecule has 5 nitrogen and oxygen atoms in total. The highest BCUT2D eigenvalue weighted by molar-refractivity contribution is 6.76. The molecule has 0 N–H and O–H groups in total. The smallest absolute Gasteiger partial charge is 0.358 e. The van der Waals surface area contributed by atoms with Gasteiger partial charge in [-0.2, -0.15) is 0 Å². The monoisotopic (exact) mass is 284 g/mol. The van der Waals surface area contributed by atoms with Crippen LogP contribution in [0.15, 0.2) is 12.5 Å². The van der Waals surface area contributed by atoms with Gasteiger partial charge in [-0.25, -0.2) is 9.78 Å². The number of hydrogen-bond acceptors (Lipinski definition) is 4. The van der Waals surface area contributed by atoms with Crippen LogP contribution in [0.1, 0.15) is 22.2 Å². The molecule has 0 fully saturated rings. The average molecular weight is 286 g/mol. The molecule has 1 aromatic rings. The van der Waals surface area contributed by atoms with Crippen LogP contribution in [0, 0.1) is 0 Å². The van der Waals surface area contributed by atoms with Crippen LogP contribution in [-0.4, -0.2) is 31.8 Å². The number of nitrogens with zero attached hydrogens (tertiary/aromatic N) is 2. The molecule has 0 atom stereocenters. The highest BCUT2D eigenvalue weighted by Crippen LogP contribution is 2.27. The highest BCUT2D eigenvalue weighted by atomic mass is 35.6. The summed E-state index contributed by atoms with van der Waals surface area (Å²) in [5, 5.41) is 0. The summed E-state index contributed by atoms with van der Waals surface area (Å²) in [7, 11) is 0. The first kappa shape index (κ1) is 13.3. The summed E-state index contributed by atoms with van der Waals surface area (Å²) in [4.78, 5) is 26.3. The SMILES string of the molecule is CCOC(=O)c1cn(C(=O)C(Cl)(Cl)Cl)cn1. The number of aromatic nitrogens is 2. The van der Waals surface area contributed by atoms with E-state index in [-0.39, 0.29) is 12.3 Å². The van der Waals surface area contributed by atoms with E-state index >= 15 is 0 Å². The minimum absolute atomic E-state index is 0.0237. The molecule has 0 saturated heterocycles. The summed E-state index contributed by atoms with van der Waals surface area (Å²) in [5.41, 5.74) is -0.0237. The third-order valence-corrected chi connectivity index (χ3v) is 2.03. The van der Waals surface area contributed by atoms with Gasteiger partial charge in [0, 0.05) is 6.20 Å². The predicted molar refractivity (Wildman–Crippen MR) is 59.1 cm³/mol. The number of esters is 1. The van der Waals surface area contributed by atoms with Crippen LogP contribution in [0.2, 0.25) is 0 Å². The summed E-state index contributed by atoms with van der Waals surface area (Å²) in [6.45, 7) is 1.87. The van der Waals surface area contributed by atoms with E-state index in [2.05, 4.69) is 9.72 Å². The Kier molecular flexibility index (Phi) is 4.18. The minimum atomic E-state index is -2.09. The van der Waals surface area contributed by atoms with Crippen molar-refractivity contribution in [3.63, 3.8) is 0 Å². The zero-order valence-corrected chi connectivity index (χ0v) is 10.4. The lowest BCUT2D eigenvalue weighted by molar-refractivity contribution is 0.0520. The zero-order valence-electron chi connectivity index (χ0n) is 8.11. The van der Waals surface area contributed by atoms with E-state index in [1.807, 2.05) is 0 Å². The molecule has 0 amide bonds. The maximum absolute atomic E-state index is 11.4. The fourth-order valence-corrected chi connectivity index (χ4v) is 1.18. The van der Waals surface area contributed by atoms with Crippen molar-refractivity contribution in [1.29, 1.82) is 0 Å². The van der Waals surface area contributed by atoms with Gasteiger partial charge in [0.1, 0.15) is 6.33 Å². The van der Waals surface area contributed by atoms with Crippen LogP contribution >= 0.6 is 34.8 Å². The fourth-order valence-electron chi connectivity index (χ4n) is 0.891. The van der Waals surface area contributed by atoms with Crippen LogP contribution in [0.5, 0.6) is 0 Å². The number of alkyl halides is 3. The Morgan fingerprint density at radius 2 is 2.12 bits per heavy atom. The van der Waals surface area contributed by atoms with Gasteiger partial charge in [-0.1, -0.05) is 34.8 Å². The lowest BCUT2D eigenvalue weighted by Gasteiger charge is -2.08. The van der Waals surface area contributed by atoms with Gasteiger partial charge in [0.25, 0.3) is 9.70 Å². The first-order valence-electron chi connectivity index (χ1n) is 4.19. The van der Waals surface area contributed by atoms with Gasteiger partial charge >= 0.3 is 5.97 Å². The Balaban J connectivity index is 2.87. The number of ether oxygens (including phenoxy) is 1. The number of imidazole rings is 1. The van der Waals surface area contributed by atoms with E-state index < -0.39 is 15.7 Å². The molecule has 88 valence electrons. The van der Waals surface area contributed by atoms with Crippen molar-refractivity contribution >= 4 is 46.7 Å². The minimum Gasteiger partial charge on any atom is -0.461 e. The van der Waals surface area contributed by atoms with Gasteiger partial charge in [0.2, 0.25) is 0 Å². The van der Waals surface area contributed by atoms with Gasteiger partial charge in [-0.05, 0) is 6.92 Å². The van der Waals surface area contributed by atoms with Crippen molar-refractivity contribution < 1.29 is 14.3 Å². The molecule has 1 rings (SSSR count). The van der Waals surface area contributed by atoms with Crippen molar-refractivity contribution in [2.75, 3.05) is 6.61 Å². The van der Waals surface area contributed by atoms with Crippen molar-refractivity contribution in [1.82, 2.24) is 9.55 Å². The van der Waals surface area contributed by atoms with Gasteiger partial charge in [0.05, 0.1) is 6.61 Å². The van der Waals surface area contributed by atoms with Crippen molar-refractivity contribution in [3.8, 4) is 0 Å². The second-order valence-corrected chi connectivity index (χ2v) is 4.97. The van der Waals surface area contributed by atoms with Gasteiger partial charge < -0.3 is 4.74 Å². The number of rotatable bonds is 2. The number of hydrogen-bond donors (Lipinski definition) is 0. The Labute approximate surface area is 106 Å². The number of carbonyl (C=O) groups excluding carboxylic acids is 2. The standard InChI is InChI=1S/C8H7Cl3N2O3/c1-2-16-6(14)5-3-13(4-12-5)7(15)8(9,10)11/h3-4H,2H2,1H3. The van der Waals surface area contributed by atoms with Gasteiger partial charge in [-0.15, -0.1) is 0 Å². The fraction of sp³-hybridized carbons (Fsp3) is 0.375. The molecule has 1 heterocycles. The molecular weight excluding hydrogens is 278 g/mol. The molecule has 0 radical (unpaired) electrons. The van der Waals surface area contributed by atoms with E-state index in [4.69, 9.17) is 34.8 Å². The quantitative estimate of drug-likeness (QED) is 0.616. The third kappa shape index (κ3) is 3.10. The average Bonchev–Trinajstić information content (AvgIpc) is 2.64. The van der Waals surface area contributed by atoms with Crippen LogP contribution in [-0.2, 0) is 4.74 Å². The van der Waals surface area contributed by atoms with E-state index in [1.54, 1.807) is 6.92 Å². The van der Waals surface area contributed by atoms with Crippen molar-refractivity contribution in [3.05, 3.63) is 18.2 Å². The summed E-state index contributed by atoms with van der Waals surface area (Å²) < 4.78 is 3.51. The topological polar surface area (TPSA) is 61.2 Å². The third-order valence-electron chi connectivity index (χ3n) is 1.54. The second-order valence-electron chi connectivity index (χ2n) is 2.69. The molecule has 0 aliphatic carbocycles. The second kappa shape index (κ2) is 5.03. The lowest BCUT2D eigenvalue weighted by atomic mass is 10.5. The number of carbonyl (C=O) groups is 2. The summed E-state index contributed by atoms with van der Waals surface area (Å²) in [6.07, 6.45) is 2.22. The van der Waals surface area contributed by atoms with E-state index in [9.17, 15) is 9.59 Å². The normalized spacial score (nSPS) is 11.2. The van der Waals surface area contributed by atoms with Crippen molar-refractivity contribution in [2.45, 2.75) is 10.7 Å². The van der Waals surface area contributed by atoms with Crippen LogP contribution in [0.25, 0.3) is 0 Å². The summed E-state index contributed by atoms with van der Waals surface area (Å²) in [6, 6.07) is 0. The van der Waals surface area contributed by atoms with E-state index in [0.717, 1.165) is 17.1 Å². The molecule has 0 aliphatic rings. The van der Waals surface area contributed by atoms with E-state index in [0.29, 0.717) is 0 Å². The van der Waals surface area contributed by atoms with Gasteiger partial charge in [0.15, 0.2) is 5.69 Å². The van der Waals surface area contributed by atoms with Crippen LogP contribution in [0.4, 0.5) is 0 Å². The summed E-state index contributed by atoms with van der Waals surface area (Å²) >= 11 is 16.2. The Morgan fingerprint density at radius 1 is 1.50 bits per heavy atom. The molecule has 1 aromatic heterocycles. The highest BCUT2D eigenvalue weighted by Gasteiger charge is 2.32. The number of halogens is 3. The molecule has 8 heteroatoms. The predicted octanol–water partition coefficient (Wildman–Crippen LogP) is 2.07. The molecule has 0 aliphatic heterocycles. The molecule has 0 spiro atoms. The summed E-state index contributed by atoms with van der Waals surface area (Å²) in [5.74, 6) is -1.46. The van der Waals surface area contributed by atoms with E-state index in [1.165, 1.54) is 0 Å². The Hall–Kier alpha value is -0.780. The van der Waals surface area contributed by atoms with Crippen LogP contribution < -0.4 is 0 Å². The molecule has 0 saturated carbocycles. The Bertz CT molecular complexity index is 411. The Morgan fingerprint density at radius 3 is 2.62 bits per heavy atom. The maximum atomic E-state index is 11.4. The molecule has 0 bridgehead atoms. The first-order chi connectivity index (χ1) is 7.36. The molecule has 0 unspecified atom stereocenters. The van der Waals surface area contributed by atoms with Crippen LogP contribution in [0.3, 0.4) is 0 Å². The lowest BCUT2D eigenvalue weighted by Crippen LogP contribution is -2.24. The van der Waals surface area contributed by atoms with Gasteiger partial charge in [-0.3, -0.25) is 9.36 Å². The van der Waals surface area contributed by atoms with Crippen molar-refractivity contribution in [2.24, 2.45) is 0 Å².